The van der Waals surface area contributed by atoms with E-state index in [1.807, 2.05) is 0 Å². The predicted molar refractivity (Wildman–Crippen MR) is 88.4 cm³/mol. The normalized spacial score (nSPS) is 19.2. The fourth-order valence-corrected chi connectivity index (χ4v) is 2.03. The minimum absolute atomic E-state index is 0.193. The summed E-state index contributed by atoms with van der Waals surface area (Å²) >= 11 is 0. The van der Waals surface area contributed by atoms with Gasteiger partial charge in [-0.2, -0.15) is 5.10 Å². The smallest absolute Gasteiger partial charge is 0.408 e. The molecule has 0 fully saturated rings. The van der Waals surface area contributed by atoms with Crippen LogP contribution in [0.3, 0.4) is 0 Å². The lowest BCUT2D eigenvalue weighted by Gasteiger charge is -2.27. The zero-order chi connectivity index (χ0) is 18.5. The second-order valence-corrected chi connectivity index (χ2v) is 7.75. The Kier molecular flexibility index (Phi) is 6.34. The fraction of sp³-hybridized carbons (Fsp3) is 0.750. The second kappa shape index (κ2) is 7.63. The third-order valence-electron chi connectivity index (χ3n) is 2.84. The molecular formula is C16H27N3O5. The molecule has 0 saturated carbocycles. The predicted octanol–water partition coefficient (Wildman–Crippen LogP) is 1.73. The molecule has 136 valence electrons. The Labute approximate surface area is 142 Å². The van der Waals surface area contributed by atoms with Crippen LogP contribution in [0.25, 0.3) is 0 Å². The van der Waals surface area contributed by atoms with Gasteiger partial charge in [0, 0.05) is 18.6 Å². The molecule has 0 radical (unpaired) electrons. The van der Waals surface area contributed by atoms with Crippen molar-refractivity contribution in [1.29, 1.82) is 0 Å². The van der Waals surface area contributed by atoms with Crippen LogP contribution in [0.1, 0.15) is 54.4 Å². The van der Waals surface area contributed by atoms with E-state index in [2.05, 4.69) is 15.8 Å². The van der Waals surface area contributed by atoms with Gasteiger partial charge in [0.25, 0.3) is 0 Å². The topological polar surface area (TPSA) is 106 Å². The molecule has 2 amide bonds. The van der Waals surface area contributed by atoms with Crippen molar-refractivity contribution in [3.8, 4) is 0 Å². The number of ether oxygens (including phenoxy) is 2. The fourth-order valence-electron chi connectivity index (χ4n) is 2.03. The molecule has 0 saturated heterocycles. The highest BCUT2D eigenvalue weighted by Gasteiger charge is 2.31. The van der Waals surface area contributed by atoms with Crippen molar-refractivity contribution in [2.24, 2.45) is 11.0 Å². The summed E-state index contributed by atoms with van der Waals surface area (Å²) in [6.07, 6.45) is 1.23. The van der Waals surface area contributed by atoms with E-state index in [9.17, 15) is 14.4 Å². The molecule has 8 heteroatoms. The summed E-state index contributed by atoms with van der Waals surface area (Å²) in [5.41, 5.74) is 0.950. The first-order chi connectivity index (χ1) is 10.9. The number of esters is 1. The molecule has 0 bridgehead atoms. The Hall–Kier alpha value is -2.12. The van der Waals surface area contributed by atoms with Gasteiger partial charge >= 0.3 is 12.1 Å². The number of alkyl carbamates (subject to hydrolysis) is 1. The van der Waals surface area contributed by atoms with Gasteiger partial charge in [-0.3, -0.25) is 4.79 Å². The SMILES string of the molecule is CC(C)(C)OC(=O)N[C@@H](CC1C=NNC(=O)C1)C(=O)OC(C)(C)C. The summed E-state index contributed by atoms with van der Waals surface area (Å²) in [4.78, 5) is 35.8. The lowest BCUT2D eigenvalue weighted by Crippen LogP contribution is -2.47. The molecule has 0 aliphatic carbocycles. The van der Waals surface area contributed by atoms with Crippen LogP contribution in [-0.2, 0) is 19.1 Å². The average Bonchev–Trinajstić information content (AvgIpc) is 2.33. The van der Waals surface area contributed by atoms with E-state index in [-0.39, 0.29) is 24.7 Å². The quantitative estimate of drug-likeness (QED) is 0.758. The molecule has 2 atom stereocenters. The Morgan fingerprint density at radius 1 is 1.25 bits per heavy atom. The van der Waals surface area contributed by atoms with Gasteiger partial charge in [0.2, 0.25) is 5.91 Å². The van der Waals surface area contributed by atoms with Crippen LogP contribution in [-0.4, -0.2) is 41.4 Å². The van der Waals surface area contributed by atoms with Crippen LogP contribution >= 0.6 is 0 Å². The lowest BCUT2D eigenvalue weighted by molar-refractivity contribution is -0.158. The number of rotatable bonds is 4. The standard InChI is InChI=1S/C16H27N3O5/c1-15(2,3)23-13(21)11(18-14(22)24-16(4,5)6)7-10-8-12(20)19-17-9-10/h9-11H,7-8H2,1-6H3,(H,18,22)(H,19,20)/t10?,11-/m0/s1. The zero-order valence-corrected chi connectivity index (χ0v) is 15.1. The van der Waals surface area contributed by atoms with Gasteiger partial charge < -0.3 is 14.8 Å². The summed E-state index contributed by atoms with van der Waals surface area (Å²) in [6.45, 7) is 10.4. The van der Waals surface area contributed by atoms with Crippen molar-refractivity contribution >= 4 is 24.2 Å². The van der Waals surface area contributed by atoms with E-state index < -0.39 is 29.3 Å². The molecule has 2 N–H and O–H groups in total. The highest BCUT2D eigenvalue weighted by molar-refractivity contribution is 5.85. The van der Waals surface area contributed by atoms with Crippen molar-refractivity contribution in [1.82, 2.24) is 10.7 Å². The monoisotopic (exact) mass is 341 g/mol. The Bertz CT molecular complexity index is 517. The number of carbonyl (C=O) groups excluding carboxylic acids is 3. The van der Waals surface area contributed by atoms with Crippen molar-refractivity contribution in [3.63, 3.8) is 0 Å². The summed E-state index contributed by atoms with van der Waals surface area (Å²) in [5, 5.41) is 6.27. The molecule has 24 heavy (non-hydrogen) atoms. The molecule has 0 aromatic rings. The lowest BCUT2D eigenvalue weighted by atomic mass is 9.96. The van der Waals surface area contributed by atoms with Crippen molar-refractivity contribution in [2.75, 3.05) is 0 Å². The third-order valence-corrected chi connectivity index (χ3v) is 2.84. The maximum absolute atomic E-state index is 12.4. The highest BCUT2D eigenvalue weighted by Crippen LogP contribution is 2.17. The minimum atomic E-state index is -0.929. The van der Waals surface area contributed by atoms with Gasteiger partial charge in [0.05, 0.1) is 0 Å². The largest absolute Gasteiger partial charge is 0.458 e. The van der Waals surface area contributed by atoms with Crippen LogP contribution < -0.4 is 10.7 Å². The van der Waals surface area contributed by atoms with E-state index in [0.717, 1.165) is 0 Å². The molecule has 1 unspecified atom stereocenters. The Balaban J connectivity index is 2.80. The molecule has 0 aromatic carbocycles. The molecular weight excluding hydrogens is 314 g/mol. The van der Waals surface area contributed by atoms with Gasteiger partial charge in [-0.15, -0.1) is 0 Å². The third kappa shape index (κ3) is 7.94. The first-order valence-corrected chi connectivity index (χ1v) is 7.90. The summed E-state index contributed by atoms with van der Waals surface area (Å²) in [6, 6.07) is -0.929. The molecule has 1 rings (SSSR count). The summed E-state index contributed by atoms with van der Waals surface area (Å²) in [5.74, 6) is -1.08. The van der Waals surface area contributed by atoms with E-state index in [1.165, 1.54) is 0 Å². The number of hydrazone groups is 1. The number of amides is 2. The van der Waals surface area contributed by atoms with Crippen molar-refractivity contribution in [3.05, 3.63) is 0 Å². The molecule has 1 aliphatic heterocycles. The zero-order valence-electron chi connectivity index (χ0n) is 15.1. The summed E-state index contributed by atoms with van der Waals surface area (Å²) < 4.78 is 10.5. The molecule has 8 nitrogen and oxygen atoms in total. The number of nitrogens with one attached hydrogen (secondary N) is 2. The van der Waals surface area contributed by atoms with Crippen molar-refractivity contribution in [2.45, 2.75) is 71.6 Å². The van der Waals surface area contributed by atoms with Gasteiger partial charge in [-0.1, -0.05) is 0 Å². The Morgan fingerprint density at radius 2 is 1.83 bits per heavy atom. The molecule has 1 aliphatic rings. The first-order valence-electron chi connectivity index (χ1n) is 7.90. The molecule has 0 spiro atoms. The van der Waals surface area contributed by atoms with Crippen LogP contribution in [0, 0.1) is 5.92 Å². The number of carbonyl (C=O) groups is 3. The van der Waals surface area contributed by atoms with Crippen LogP contribution in [0.15, 0.2) is 5.10 Å². The first kappa shape index (κ1) is 19.9. The van der Waals surface area contributed by atoms with E-state index >= 15 is 0 Å². The number of nitrogens with zero attached hydrogens (tertiary/aromatic N) is 1. The minimum Gasteiger partial charge on any atom is -0.458 e. The maximum Gasteiger partial charge on any atom is 0.408 e. The van der Waals surface area contributed by atoms with Crippen LogP contribution in [0.4, 0.5) is 4.79 Å². The molecule has 1 heterocycles. The van der Waals surface area contributed by atoms with Gasteiger partial charge in [-0.25, -0.2) is 15.0 Å². The van der Waals surface area contributed by atoms with Crippen molar-refractivity contribution < 1.29 is 23.9 Å². The van der Waals surface area contributed by atoms with Gasteiger partial charge in [-0.05, 0) is 48.0 Å². The Morgan fingerprint density at radius 3 is 2.33 bits per heavy atom. The average molecular weight is 341 g/mol. The van der Waals surface area contributed by atoms with Gasteiger partial charge in [0.1, 0.15) is 17.2 Å². The van der Waals surface area contributed by atoms with Crippen LogP contribution in [0.5, 0.6) is 0 Å². The maximum atomic E-state index is 12.4. The van der Waals surface area contributed by atoms with E-state index in [1.54, 1.807) is 47.8 Å². The van der Waals surface area contributed by atoms with E-state index in [4.69, 9.17) is 9.47 Å². The molecule has 0 aromatic heterocycles. The van der Waals surface area contributed by atoms with E-state index in [0.29, 0.717) is 0 Å². The highest BCUT2D eigenvalue weighted by atomic mass is 16.6. The number of hydrogen-bond acceptors (Lipinski definition) is 6. The summed E-state index contributed by atoms with van der Waals surface area (Å²) in [7, 11) is 0. The number of hydrogen-bond donors (Lipinski definition) is 2. The second-order valence-electron chi connectivity index (χ2n) is 7.75. The van der Waals surface area contributed by atoms with Crippen LogP contribution in [0.2, 0.25) is 0 Å². The van der Waals surface area contributed by atoms with Gasteiger partial charge in [0.15, 0.2) is 0 Å².